The topological polar surface area (TPSA) is 78.1 Å². The maximum absolute atomic E-state index is 11.5. The molecular weight excluding hydrogens is 290 g/mol. The number of hydrogen-bond acceptors (Lipinski definition) is 7. The summed E-state index contributed by atoms with van der Waals surface area (Å²) in [5.41, 5.74) is 0.991. The number of hydrogen-bond donors (Lipinski definition) is 0. The second-order valence-corrected chi connectivity index (χ2v) is 4.96. The average molecular weight is 301 g/mol. The highest BCUT2D eigenvalue weighted by molar-refractivity contribution is 7.99. The Balaban J connectivity index is 1.87. The zero-order valence-electron chi connectivity index (χ0n) is 11.1. The second-order valence-electron chi connectivity index (χ2n) is 4.02. The highest BCUT2D eigenvalue weighted by Crippen LogP contribution is 2.30. The van der Waals surface area contributed by atoms with E-state index in [0.717, 1.165) is 15.9 Å². The van der Waals surface area contributed by atoms with Crippen molar-refractivity contribution in [3.05, 3.63) is 42.5 Å². The lowest BCUT2D eigenvalue weighted by Gasteiger charge is -2.01. The van der Waals surface area contributed by atoms with Crippen LogP contribution in [0.15, 0.2) is 51.5 Å². The number of para-hydroxylation sites is 1. The molecule has 0 fully saturated rings. The SMILES string of the molecule is CCOC(=O)c1coc(Sc2ncnc3ccccc23)n1. The molecule has 0 aliphatic rings. The molecule has 0 spiro atoms. The Morgan fingerprint density at radius 2 is 2.19 bits per heavy atom. The molecular formula is C14H11N3O3S. The fourth-order valence-corrected chi connectivity index (χ4v) is 2.54. The van der Waals surface area contributed by atoms with Crippen LogP contribution in [0.5, 0.6) is 0 Å². The molecule has 0 aliphatic heterocycles. The largest absolute Gasteiger partial charge is 0.461 e. The quantitative estimate of drug-likeness (QED) is 0.541. The minimum atomic E-state index is -0.499. The van der Waals surface area contributed by atoms with E-state index in [4.69, 9.17) is 9.15 Å². The predicted octanol–water partition coefficient (Wildman–Crippen LogP) is 2.95. The molecule has 0 unspecified atom stereocenters. The normalized spacial score (nSPS) is 10.7. The zero-order chi connectivity index (χ0) is 14.7. The molecule has 0 N–H and O–H groups in total. The molecule has 21 heavy (non-hydrogen) atoms. The van der Waals surface area contributed by atoms with E-state index in [1.807, 2.05) is 24.3 Å². The lowest BCUT2D eigenvalue weighted by atomic mass is 10.2. The van der Waals surface area contributed by atoms with Gasteiger partial charge >= 0.3 is 5.97 Å². The standard InChI is InChI=1S/C14H11N3O3S/c1-2-19-13(18)11-7-20-14(17-11)21-12-9-5-3-4-6-10(9)15-8-16-12/h3-8H,2H2,1H3. The monoisotopic (exact) mass is 301 g/mol. The van der Waals surface area contributed by atoms with Crippen molar-refractivity contribution in [1.82, 2.24) is 15.0 Å². The summed E-state index contributed by atoms with van der Waals surface area (Å²) in [6, 6.07) is 7.65. The highest BCUT2D eigenvalue weighted by atomic mass is 32.2. The van der Waals surface area contributed by atoms with Gasteiger partial charge in [-0.1, -0.05) is 18.2 Å². The van der Waals surface area contributed by atoms with Gasteiger partial charge in [-0.3, -0.25) is 0 Å². The van der Waals surface area contributed by atoms with E-state index < -0.39 is 5.97 Å². The van der Waals surface area contributed by atoms with Gasteiger partial charge in [-0.2, -0.15) is 4.98 Å². The second kappa shape index (κ2) is 5.92. The van der Waals surface area contributed by atoms with E-state index in [1.165, 1.54) is 24.4 Å². The molecule has 3 rings (SSSR count). The molecule has 6 nitrogen and oxygen atoms in total. The fourth-order valence-electron chi connectivity index (χ4n) is 1.75. The Hall–Kier alpha value is -2.41. The van der Waals surface area contributed by atoms with Crippen molar-refractivity contribution in [1.29, 1.82) is 0 Å². The molecule has 1 aromatic carbocycles. The molecule has 3 aromatic rings. The van der Waals surface area contributed by atoms with E-state index in [1.54, 1.807) is 6.92 Å². The molecule has 0 saturated carbocycles. The van der Waals surface area contributed by atoms with Crippen LogP contribution in [0.1, 0.15) is 17.4 Å². The van der Waals surface area contributed by atoms with Crippen LogP contribution in [-0.2, 0) is 4.74 Å². The molecule has 0 atom stereocenters. The third-order valence-electron chi connectivity index (χ3n) is 2.66. The van der Waals surface area contributed by atoms with Crippen molar-refractivity contribution in [2.24, 2.45) is 0 Å². The third-order valence-corrected chi connectivity index (χ3v) is 3.54. The number of fused-ring (bicyclic) bond motifs is 1. The van der Waals surface area contributed by atoms with Crippen LogP contribution in [0.2, 0.25) is 0 Å². The van der Waals surface area contributed by atoms with E-state index in [9.17, 15) is 4.79 Å². The lowest BCUT2D eigenvalue weighted by molar-refractivity contribution is 0.0519. The van der Waals surface area contributed by atoms with E-state index in [0.29, 0.717) is 11.8 Å². The summed E-state index contributed by atoms with van der Waals surface area (Å²) in [7, 11) is 0. The molecule has 0 amide bonds. The average Bonchev–Trinajstić information content (AvgIpc) is 2.97. The van der Waals surface area contributed by atoms with Gasteiger partial charge in [0.25, 0.3) is 5.22 Å². The number of carbonyl (C=O) groups excluding carboxylic acids is 1. The van der Waals surface area contributed by atoms with Crippen LogP contribution in [0.3, 0.4) is 0 Å². The van der Waals surface area contributed by atoms with Gasteiger partial charge < -0.3 is 9.15 Å². The molecule has 0 aliphatic carbocycles. The first kappa shape index (κ1) is 13.6. The van der Waals surface area contributed by atoms with Gasteiger partial charge in [0.05, 0.1) is 12.1 Å². The van der Waals surface area contributed by atoms with Crippen molar-refractivity contribution in [3.8, 4) is 0 Å². The highest BCUT2D eigenvalue weighted by Gasteiger charge is 2.15. The minimum absolute atomic E-state index is 0.151. The fraction of sp³-hybridized carbons (Fsp3) is 0.143. The van der Waals surface area contributed by atoms with Crippen molar-refractivity contribution in [3.63, 3.8) is 0 Å². The predicted molar refractivity (Wildman–Crippen MR) is 76.1 cm³/mol. The maximum Gasteiger partial charge on any atom is 0.360 e. The Morgan fingerprint density at radius 1 is 1.33 bits per heavy atom. The summed E-state index contributed by atoms with van der Waals surface area (Å²) in [4.78, 5) is 24.1. The molecule has 0 bridgehead atoms. The molecule has 7 heteroatoms. The van der Waals surface area contributed by atoms with Crippen LogP contribution < -0.4 is 0 Å². The van der Waals surface area contributed by atoms with Crippen LogP contribution in [0.25, 0.3) is 10.9 Å². The van der Waals surface area contributed by atoms with E-state index in [-0.39, 0.29) is 5.69 Å². The molecule has 0 radical (unpaired) electrons. The van der Waals surface area contributed by atoms with Gasteiger partial charge in [0.15, 0.2) is 5.69 Å². The van der Waals surface area contributed by atoms with Crippen LogP contribution in [0.4, 0.5) is 0 Å². The Morgan fingerprint density at radius 3 is 3.05 bits per heavy atom. The number of ether oxygens (including phenoxy) is 1. The lowest BCUT2D eigenvalue weighted by Crippen LogP contribution is -2.04. The molecule has 2 heterocycles. The van der Waals surface area contributed by atoms with Crippen LogP contribution in [-0.4, -0.2) is 27.5 Å². The first-order valence-corrected chi connectivity index (χ1v) is 7.10. The summed E-state index contributed by atoms with van der Waals surface area (Å²) in [6.45, 7) is 2.03. The summed E-state index contributed by atoms with van der Waals surface area (Å²) >= 11 is 1.24. The van der Waals surface area contributed by atoms with Crippen molar-refractivity contribution in [2.45, 2.75) is 17.2 Å². The Labute approximate surface area is 124 Å². The van der Waals surface area contributed by atoms with E-state index in [2.05, 4.69) is 15.0 Å². The van der Waals surface area contributed by atoms with Crippen molar-refractivity contribution in [2.75, 3.05) is 6.61 Å². The number of benzene rings is 1. The van der Waals surface area contributed by atoms with Gasteiger partial charge in [0.2, 0.25) is 0 Å². The number of esters is 1. The van der Waals surface area contributed by atoms with Crippen molar-refractivity contribution >= 4 is 28.6 Å². The number of aromatic nitrogens is 3. The Kier molecular flexibility index (Phi) is 3.83. The Bertz CT molecular complexity index is 782. The van der Waals surface area contributed by atoms with Gasteiger partial charge in [0, 0.05) is 5.39 Å². The molecule has 2 aromatic heterocycles. The van der Waals surface area contributed by atoms with Crippen LogP contribution >= 0.6 is 11.8 Å². The maximum atomic E-state index is 11.5. The molecule has 106 valence electrons. The number of rotatable bonds is 4. The summed E-state index contributed by atoms with van der Waals surface area (Å²) in [6.07, 6.45) is 2.77. The summed E-state index contributed by atoms with van der Waals surface area (Å²) in [5, 5.41) is 1.96. The smallest absolute Gasteiger partial charge is 0.360 e. The number of carbonyl (C=O) groups is 1. The van der Waals surface area contributed by atoms with E-state index >= 15 is 0 Å². The minimum Gasteiger partial charge on any atom is -0.461 e. The zero-order valence-corrected chi connectivity index (χ0v) is 12.0. The first-order chi connectivity index (χ1) is 10.3. The number of oxazole rings is 1. The van der Waals surface area contributed by atoms with Gasteiger partial charge in [-0.05, 0) is 24.8 Å². The van der Waals surface area contributed by atoms with Gasteiger partial charge in [0.1, 0.15) is 17.6 Å². The molecule has 0 saturated heterocycles. The van der Waals surface area contributed by atoms with Gasteiger partial charge in [-0.25, -0.2) is 14.8 Å². The summed E-state index contributed by atoms with van der Waals surface area (Å²) in [5.74, 6) is -0.499. The third kappa shape index (κ3) is 2.87. The van der Waals surface area contributed by atoms with Gasteiger partial charge in [-0.15, -0.1) is 0 Å². The van der Waals surface area contributed by atoms with Crippen LogP contribution in [0, 0.1) is 0 Å². The van der Waals surface area contributed by atoms with Crippen molar-refractivity contribution < 1.29 is 13.9 Å². The summed E-state index contributed by atoms with van der Waals surface area (Å²) < 4.78 is 10.1. The number of nitrogens with zero attached hydrogens (tertiary/aromatic N) is 3. The first-order valence-electron chi connectivity index (χ1n) is 6.28.